The smallest absolute Gasteiger partial charge is 0.00373 e. The molecular weight excluding hydrogens is 146 g/mol. The maximum Gasteiger partial charge on any atom is 0.00373 e. The van der Waals surface area contributed by atoms with E-state index in [0.29, 0.717) is 0 Å². The Labute approximate surface area is 68.3 Å². The van der Waals surface area contributed by atoms with Crippen molar-refractivity contribution >= 4 is 12.4 Å². The summed E-state index contributed by atoms with van der Waals surface area (Å²) in [4.78, 5) is 3.04. The van der Waals surface area contributed by atoms with Gasteiger partial charge in [0.15, 0.2) is 0 Å². The monoisotopic (exact) mass is 159 g/mol. The van der Waals surface area contributed by atoms with Crippen LogP contribution in [0.4, 0.5) is 0 Å². The zero-order valence-electron chi connectivity index (χ0n) is 6.26. The second kappa shape index (κ2) is 5.36. The molecule has 1 heterocycles. The minimum atomic E-state index is 0. The van der Waals surface area contributed by atoms with Gasteiger partial charge in [-0.25, -0.2) is 0 Å². The Morgan fingerprint density at radius 1 is 1.50 bits per heavy atom. The van der Waals surface area contributed by atoms with Gasteiger partial charge in [0.1, 0.15) is 0 Å². The van der Waals surface area contributed by atoms with E-state index < -0.39 is 0 Å². The number of aromatic nitrogens is 1. The van der Waals surface area contributed by atoms with Crippen molar-refractivity contribution in [2.45, 2.75) is 26.2 Å². The first-order valence-electron chi connectivity index (χ1n) is 3.55. The van der Waals surface area contributed by atoms with Crippen LogP contribution in [0.3, 0.4) is 0 Å². The van der Waals surface area contributed by atoms with Crippen LogP contribution in [-0.4, -0.2) is 4.98 Å². The van der Waals surface area contributed by atoms with Crippen LogP contribution in [0.5, 0.6) is 0 Å². The van der Waals surface area contributed by atoms with Crippen LogP contribution in [0.1, 0.15) is 25.3 Å². The Bertz CT molecular complexity index is 146. The minimum Gasteiger partial charge on any atom is -0.367 e. The molecule has 1 rings (SSSR count). The molecule has 1 N–H and O–H groups in total. The molecule has 10 heavy (non-hydrogen) atoms. The second-order valence-corrected chi connectivity index (χ2v) is 2.32. The van der Waals surface area contributed by atoms with Crippen molar-refractivity contribution < 1.29 is 0 Å². The summed E-state index contributed by atoms with van der Waals surface area (Å²) in [5.74, 6) is 0. The molecule has 1 aromatic heterocycles. The van der Waals surface area contributed by atoms with Gasteiger partial charge in [-0.3, -0.25) is 0 Å². The summed E-state index contributed by atoms with van der Waals surface area (Å²) < 4.78 is 0. The van der Waals surface area contributed by atoms with E-state index >= 15 is 0 Å². The standard InChI is InChI=1S/C8H13N.ClH/c1-2-3-4-8-5-6-9-7-8;/h5-7,9H,2-4H2,1H3;1H. The molecule has 2 heteroatoms. The van der Waals surface area contributed by atoms with Crippen LogP contribution in [0.15, 0.2) is 18.5 Å². The van der Waals surface area contributed by atoms with Crippen molar-refractivity contribution in [1.29, 1.82) is 0 Å². The lowest BCUT2D eigenvalue weighted by Crippen LogP contribution is -1.78. The number of unbranched alkanes of at least 4 members (excludes halogenated alkanes) is 1. The van der Waals surface area contributed by atoms with E-state index in [-0.39, 0.29) is 12.4 Å². The van der Waals surface area contributed by atoms with Crippen molar-refractivity contribution in [3.8, 4) is 0 Å². The molecule has 0 saturated carbocycles. The average Bonchev–Trinajstić information content (AvgIpc) is 2.34. The van der Waals surface area contributed by atoms with Crippen molar-refractivity contribution in [2.75, 3.05) is 0 Å². The van der Waals surface area contributed by atoms with Gasteiger partial charge in [-0.2, -0.15) is 0 Å². The second-order valence-electron chi connectivity index (χ2n) is 2.32. The highest BCUT2D eigenvalue weighted by Crippen LogP contribution is 2.01. The Morgan fingerprint density at radius 3 is 2.80 bits per heavy atom. The van der Waals surface area contributed by atoms with Gasteiger partial charge in [-0.15, -0.1) is 12.4 Å². The Hall–Kier alpha value is -0.430. The van der Waals surface area contributed by atoms with Gasteiger partial charge >= 0.3 is 0 Å². The molecule has 0 aliphatic carbocycles. The molecule has 0 unspecified atom stereocenters. The van der Waals surface area contributed by atoms with Gasteiger partial charge in [-0.05, 0) is 24.5 Å². The van der Waals surface area contributed by atoms with Crippen molar-refractivity contribution in [1.82, 2.24) is 4.98 Å². The van der Waals surface area contributed by atoms with Crippen LogP contribution in [0, 0.1) is 0 Å². The first kappa shape index (κ1) is 9.57. The third-order valence-electron chi connectivity index (χ3n) is 1.48. The Balaban J connectivity index is 0.000000810. The minimum absolute atomic E-state index is 0. The predicted molar refractivity (Wildman–Crippen MR) is 46.7 cm³/mol. The highest BCUT2D eigenvalue weighted by molar-refractivity contribution is 5.85. The molecule has 0 fully saturated rings. The summed E-state index contributed by atoms with van der Waals surface area (Å²) in [7, 11) is 0. The SMILES string of the molecule is CCCCc1cc[nH]c1.Cl. The van der Waals surface area contributed by atoms with Gasteiger partial charge in [0.25, 0.3) is 0 Å². The molecule has 0 atom stereocenters. The van der Waals surface area contributed by atoms with E-state index in [4.69, 9.17) is 0 Å². The fourth-order valence-corrected chi connectivity index (χ4v) is 0.895. The fourth-order valence-electron chi connectivity index (χ4n) is 0.895. The maximum atomic E-state index is 3.04. The number of H-pyrrole nitrogens is 1. The lowest BCUT2D eigenvalue weighted by molar-refractivity contribution is 0.796. The van der Waals surface area contributed by atoms with E-state index in [1.165, 1.54) is 24.8 Å². The zero-order valence-corrected chi connectivity index (χ0v) is 7.08. The highest BCUT2D eigenvalue weighted by Gasteiger charge is 1.88. The molecule has 0 aliphatic heterocycles. The number of nitrogens with one attached hydrogen (secondary N) is 1. The molecule has 0 bridgehead atoms. The van der Waals surface area contributed by atoms with Crippen molar-refractivity contribution in [3.05, 3.63) is 24.0 Å². The molecule has 0 saturated heterocycles. The van der Waals surface area contributed by atoms with Gasteiger partial charge in [0.05, 0.1) is 0 Å². The normalized spacial score (nSPS) is 8.90. The van der Waals surface area contributed by atoms with Gasteiger partial charge < -0.3 is 4.98 Å². The van der Waals surface area contributed by atoms with Gasteiger partial charge in [0, 0.05) is 12.4 Å². The highest BCUT2D eigenvalue weighted by atomic mass is 35.5. The molecule has 1 aromatic rings. The van der Waals surface area contributed by atoms with E-state index in [2.05, 4.69) is 24.2 Å². The lowest BCUT2D eigenvalue weighted by atomic mass is 10.2. The van der Waals surface area contributed by atoms with E-state index in [0.717, 1.165) is 0 Å². The summed E-state index contributed by atoms with van der Waals surface area (Å²) in [6, 6.07) is 2.13. The number of halogens is 1. The van der Waals surface area contributed by atoms with E-state index in [1.54, 1.807) is 0 Å². The molecule has 0 spiro atoms. The predicted octanol–water partition coefficient (Wildman–Crippen LogP) is 2.78. The Morgan fingerprint density at radius 2 is 2.30 bits per heavy atom. The molecule has 0 aliphatic rings. The molecule has 1 nitrogen and oxygen atoms in total. The summed E-state index contributed by atoms with van der Waals surface area (Å²) in [5.41, 5.74) is 1.43. The van der Waals surface area contributed by atoms with E-state index in [1.807, 2.05) is 6.20 Å². The average molecular weight is 160 g/mol. The molecule has 0 radical (unpaired) electrons. The first-order chi connectivity index (χ1) is 4.43. The van der Waals surface area contributed by atoms with Gasteiger partial charge in [-0.1, -0.05) is 13.3 Å². The summed E-state index contributed by atoms with van der Waals surface area (Å²) in [6.45, 7) is 2.21. The van der Waals surface area contributed by atoms with Crippen LogP contribution in [-0.2, 0) is 6.42 Å². The maximum absolute atomic E-state index is 3.04. The molecule has 0 aromatic carbocycles. The molecule has 0 amide bonds. The van der Waals surface area contributed by atoms with E-state index in [9.17, 15) is 0 Å². The quantitative estimate of drug-likeness (QED) is 0.698. The Kier molecular flexibility index (Phi) is 5.13. The van der Waals surface area contributed by atoms with Crippen molar-refractivity contribution in [3.63, 3.8) is 0 Å². The lowest BCUT2D eigenvalue weighted by Gasteiger charge is -1.90. The summed E-state index contributed by atoms with van der Waals surface area (Å²) in [6.07, 6.45) is 7.85. The third kappa shape index (κ3) is 2.92. The zero-order chi connectivity index (χ0) is 6.53. The number of hydrogen-bond donors (Lipinski definition) is 1. The van der Waals surface area contributed by atoms with Crippen LogP contribution < -0.4 is 0 Å². The fraction of sp³-hybridized carbons (Fsp3) is 0.500. The summed E-state index contributed by atoms with van der Waals surface area (Å²) >= 11 is 0. The number of rotatable bonds is 3. The van der Waals surface area contributed by atoms with Crippen LogP contribution in [0.2, 0.25) is 0 Å². The van der Waals surface area contributed by atoms with Crippen LogP contribution in [0.25, 0.3) is 0 Å². The van der Waals surface area contributed by atoms with Crippen LogP contribution >= 0.6 is 12.4 Å². The number of aromatic amines is 1. The third-order valence-corrected chi connectivity index (χ3v) is 1.48. The first-order valence-corrected chi connectivity index (χ1v) is 3.55. The number of aryl methyl sites for hydroxylation is 1. The number of hydrogen-bond acceptors (Lipinski definition) is 0. The topological polar surface area (TPSA) is 15.8 Å². The summed E-state index contributed by atoms with van der Waals surface area (Å²) in [5, 5.41) is 0. The largest absolute Gasteiger partial charge is 0.367 e. The van der Waals surface area contributed by atoms with Crippen molar-refractivity contribution in [2.24, 2.45) is 0 Å². The molecular formula is C8H14ClN. The molecule has 58 valence electrons. The van der Waals surface area contributed by atoms with Gasteiger partial charge in [0.2, 0.25) is 0 Å².